The number of nitrogens with one attached hydrogen (secondary N) is 2. The Labute approximate surface area is 289 Å². The Balaban J connectivity index is 2.28. The summed E-state index contributed by atoms with van der Waals surface area (Å²) >= 11 is 0. The molecule has 2 aliphatic heterocycles. The van der Waals surface area contributed by atoms with Gasteiger partial charge in [-0.1, -0.05) is 54.9 Å². The van der Waals surface area contributed by atoms with Crippen molar-refractivity contribution in [2.45, 2.75) is 129 Å². The van der Waals surface area contributed by atoms with E-state index >= 15 is 0 Å². The second-order valence-electron chi connectivity index (χ2n) is 14.5. The summed E-state index contributed by atoms with van der Waals surface area (Å²) in [5.74, 6) is -2.26. The second kappa shape index (κ2) is 19.2. The molecule has 0 spiro atoms. The zero-order valence-electron chi connectivity index (χ0n) is 31.3. The predicted octanol–water partition coefficient (Wildman–Crippen LogP) is 1.29. The van der Waals surface area contributed by atoms with Crippen molar-refractivity contribution in [3.05, 3.63) is 0 Å². The Morgan fingerprint density at radius 2 is 1.50 bits per heavy atom. The fraction of sp³-hybridized carbons (Fsp3) is 0.882. The van der Waals surface area contributed by atoms with Gasteiger partial charge in [-0.25, -0.2) is 0 Å². The first-order valence-electron chi connectivity index (χ1n) is 17.8. The average Bonchev–Trinajstić information content (AvgIpc) is 3.73. The lowest BCUT2D eigenvalue weighted by Gasteiger charge is -2.41. The Bertz CT molecular complexity index is 1060. The van der Waals surface area contributed by atoms with Crippen molar-refractivity contribution in [1.82, 2.24) is 25.3 Å². The molecule has 2 rings (SSSR count). The van der Waals surface area contributed by atoms with Gasteiger partial charge in [0.2, 0.25) is 23.6 Å². The fourth-order valence-electron chi connectivity index (χ4n) is 7.68. The zero-order chi connectivity index (χ0) is 36.5. The van der Waals surface area contributed by atoms with Crippen LogP contribution < -0.4 is 10.6 Å². The zero-order valence-corrected chi connectivity index (χ0v) is 31.3. The number of hydrogen-bond donors (Lipinski definition) is 4. The molecule has 0 aliphatic carbocycles. The van der Waals surface area contributed by atoms with Crippen LogP contribution in [-0.2, 0) is 28.7 Å². The monoisotopic (exact) mass is 681 g/mol. The van der Waals surface area contributed by atoms with Crippen molar-refractivity contribution in [2.75, 3.05) is 41.4 Å². The Morgan fingerprint density at radius 3 is 2.00 bits per heavy atom. The molecule has 4 amide bonds. The first-order valence-corrected chi connectivity index (χ1v) is 17.8. The van der Waals surface area contributed by atoms with Gasteiger partial charge >= 0.3 is 7.12 Å². The first kappa shape index (κ1) is 41.9. The van der Waals surface area contributed by atoms with Gasteiger partial charge in [-0.2, -0.15) is 0 Å². The molecule has 0 aromatic carbocycles. The van der Waals surface area contributed by atoms with Crippen LogP contribution in [0.15, 0.2) is 0 Å². The number of carbonyl (C=O) groups excluding carboxylic acids is 4. The molecule has 0 aromatic rings. The lowest BCUT2D eigenvalue weighted by atomic mass is 9.77. The molecule has 0 unspecified atom stereocenters. The van der Waals surface area contributed by atoms with Crippen LogP contribution in [0, 0.1) is 23.7 Å². The summed E-state index contributed by atoms with van der Waals surface area (Å²) in [5, 5.41) is 25.7. The number of rotatable bonds is 18. The van der Waals surface area contributed by atoms with Crippen molar-refractivity contribution < 1.29 is 38.7 Å². The molecule has 276 valence electrons. The van der Waals surface area contributed by atoms with Gasteiger partial charge in [0, 0.05) is 34.4 Å². The highest BCUT2D eigenvalue weighted by Crippen LogP contribution is 2.31. The number of amides is 4. The van der Waals surface area contributed by atoms with E-state index in [1.54, 1.807) is 45.0 Å². The molecular weight excluding hydrogens is 617 g/mol. The summed E-state index contributed by atoms with van der Waals surface area (Å²) in [6.07, 6.45) is 2.19. The van der Waals surface area contributed by atoms with E-state index in [1.807, 2.05) is 41.5 Å². The van der Waals surface area contributed by atoms with Crippen LogP contribution in [0.2, 0.25) is 0 Å². The fourth-order valence-corrected chi connectivity index (χ4v) is 7.68. The minimum absolute atomic E-state index is 0.0186. The number of hydrogen-bond acceptors (Lipinski definition) is 9. The first-order chi connectivity index (χ1) is 22.6. The average molecular weight is 682 g/mol. The molecule has 0 saturated carbocycles. The molecule has 13 nitrogen and oxygen atoms in total. The van der Waals surface area contributed by atoms with E-state index < -0.39 is 49.3 Å². The van der Waals surface area contributed by atoms with Crippen molar-refractivity contribution in [3.63, 3.8) is 0 Å². The van der Waals surface area contributed by atoms with E-state index in [2.05, 4.69) is 10.6 Å². The summed E-state index contributed by atoms with van der Waals surface area (Å²) in [6, 6.07) is -2.00. The smallest absolute Gasteiger partial charge is 0.426 e. The van der Waals surface area contributed by atoms with Crippen molar-refractivity contribution >= 4 is 30.7 Å². The number of likely N-dealkylation sites (tertiary alicyclic amines) is 2. The van der Waals surface area contributed by atoms with Gasteiger partial charge in [0.25, 0.3) is 0 Å². The second-order valence-corrected chi connectivity index (χ2v) is 14.5. The van der Waals surface area contributed by atoms with Crippen LogP contribution in [0.25, 0.3) is 0 Å². The van der Waals surface area contributed by atoms with E-state index in [4.69, 9.17) is 9.47 Å². The maximum absolute atomic E-state index is 14.1. The highest BCUT2D eigenvalue weighted by atomic mass is 16.5. The van der Waals surface area contributed by atoms with Crippen molar-refractivity contribution in [2.24, 2.45) is 23.7 Å². The molecule has 0 bridgehead atoms. The Morgan fingerprint density at radius 1 is 0.917 bits per heavy atom. The van der Waals surface area contributed by atoms with Crippen LogP contribution in [0.3, 0.4) is 0 Å². The number of carbonyl (C=O) groups is 4. The lowest BCUT2D eigenvalue weighted by Crippen LogP contribution is -2.59. The molecule has 4 N–H and O–H groups in total. The molecule has 2 aliphatic rings. The van der Waals surface area contributed by atoms with E-state index in [0.29, 0.717) is 32.4 Å². The molecule has 9 atom stereocenters. The van der Waals surface area contributed by atoms with Crippen LogP contribution in [-0.4, -0.2) is 139 Å². The number of likely N-dealkylation sites (N-methyl/N-ethyl adjacent to an activating group) is 2. The van der Waals surface area contributed by atoms with E-state index in [-0.39, 0.29) is 53.8 Å². The van der Waals surface area contributed by atoms with E-state index in [1.165, 1.54) is 4.90 Å². The summed E-state index contributed by atoms with van der Waals surface area (Å²) in [4.78, 5) is 59.8. The van der Waals surface area contributed by atoms with Crippen molar-refractivity contribution in [1.29, 1.82) is 0 Å². The largest absolute Gasteiger partial charge is 0.475 e. The van der Waals surface area contributed by atoms with Crippen LogP contribution >= 0.6 is 0 Å². The van der Waals surface area contributed by atoms with Crippen LogP contribution in [0.5, 0.6) is 0 Å². The lowest BCUT2D eigenvalue weighted by molar-refractivity contribution is -0.149. The molecule has 48 heavy (non-hydrogen) atoms. The third-order valence-corrected chi connectivity index (χ3v) is 10.7. The number of methoxy groups -OCH3 is 2. The molecular formula is C34H64BN5O8. The summed E-state index contributed by atoms with van der Waals surface area (Å²) in [7, 11) is 4.93. The van der Waals surface area contributed by atoms with Gasteiger partial charge in [-0.3, -0.25) is 19.2 Å². The molecule has 2 saturated heterocycles. The van der Waals surface area contributed by atoms with Gasteiger partial charge in [-0.05, 0) is 50.5 Å². The van der Waals surface area contributed by atoms with Gasteiger partial charge in [-0.15, -0.1) is 0 Å². The standard InChI is InChI=1S/C34H64BN5O8/c1-12-22(6)30(38(9)34(44)29(21(4)5)37-32(42)28(36-8)20(2)3)25(47-10)19-27(41)39-17-13-15-24(39)31(48-11)23(7)33(43)40-18-14-16-26(40)35(45)46/h20-26,28-31,36,45-46H,12-19H2,1-11H3,(H,37,42)/t22-,23+,24-,25+,26-,28-,29-,30-,31+/m0/s1. The maximum atomic E-state index is 14.1. The molecule has 14 heteroatoms. The molecule has 0 radical (unpaired) electrons. The maximum Gasteiger partial charge on any atom is 0.475 e. The number of ether oxygens (including phenoxy) is 2. The van der Waals surface area contributed by atoms with Crippen LogP contribution in [0.1, 0.15) is 87.0 Å². The predicted molar refractivity (Wildman–Crippen MR) is 186 cm³/mol. The van der Waals surface area contributed by atoms with Gasteiger partial charge < -0.3 is 44.9 Å². The highest BCUT2D eigenvalue weighted by molar-refractivity contribution is 6.43. The summed E-state index contributed by atoms with van der Waals surface area (Å²) in [5.41, 5.74) is 0. The summed E-state index contributed by atoms with van der Waals surface area (Å²) in [6.45, 7) is 14.5. The third kappa shape index (κ3) is 9.92. The minimum atomic E-state index is -1.61. The van der Waals surface area contributed by atoms with Gasteiger partial charge in [0.1, 0.15) is 6.04 Å². The third-order valence-electron chi connectivity index (χ3n) is 10.7. The van der Waals surface area contributed by atoms with Gasteiger partial charge in [0.15, 0.2) is 0 Å². The number of nitrogens with zero attached hydrogens (tertiary/aromatic N) is 3. The SMILES string of the molecule is CC[C@H](C)[C@@H]([C@@H](CC(=O)N1CCC[C@H]1[C@H](OC)[C@@H](C)C(=O)N1CCC[C@H]1B(O)O)OC)N(C)C(=O)[C@@H](NC(=O)[C@@H](NC)C(C)C)C(C)C. The molecule has 2 heterocycles. The van der Waals surface area contributed by atoms with Crippen molar-refractivity contribution in [3.8, 4) is 0 Å². The minimum Gasteiger partial charge on any atom is -0.426 e. The van der Waals surface area contributed by atoms with Gasteiger partial charge in [0.05, 0.1) is 48.6 Å². The topological polar surface area (TPSA) is 161 Å². The van der Waals surface area contributed by atoms with E-state index in [9.17, 15) is 29.2 Å². The van der Waals surface area contributed by atoms with Crippen LogP contribution in [0.4, 0.5) is 0 Å². The Kier molecular flexibility index (Phi) is 16.8. The molecule has 0 aromatic heterocycles. The highest BCUT2D eigenvalue weighted by Gasteiger charge is 2.45. The Hall–Kier alpha value is -2.26. The quantitative estimate of drug-likeness (QED) is 0.156. The normalized spacial score (nSPS) is 22.6. The molecule has 2 fully saturated rings. The van der Waals surface area contributed by atoms with E-state index in [0.717, 1.165) is 12.8 Å². The summed E-state index contributed by atoms with van der Waals surface area (Å²) < 4.78 is 11.9.